The summed E-state index contributed by atoms with van der Waals surface area (Å²) >= 11 is 13.6. The number of hydrogen-bond acceptors (Lipinski definition) is 3. The van der Waals surface area contributed by atoms with E-state index in [0.29, 0.717) is 22.9 Å². The van der Waals surface area contributed by atoms with Gasteiger partial charge in [0.05, 0.1) is 19.5 Å². The molecular weight excluding hydrogens is 522 g/mol. The standard InChI is InChI=1S/C22H20Br2ClNO3/c1-3-4-14-7-12(2)16-10-15(11-19(25)21(16)26-14)29-22-17(23)8-13(9-18(22)24)5-6-20(27)28/h7-11H,3-6H2,1-2H3,(H,27,28). The van der Waals surface area contributed by atoms with E-state index in [4.69, 9.17) is 26.4 Å². The Morgan fingerprint density at radius 2 is 1.83 bits per heavy atom. The quantitative estimate of drug-likeness (QED) is 0.337. The second kappa shape index (κ2) is 9.45. The number of nitrogens with zero attached hydrogens (tertiary/aromatic N) is 1. The van der Waals surface area contributed by atoms with E-state index in [2.05, 4.69) is 44.8 Å². The topological polar surface area (TPSA) is 59.4 Å². The Morgan fingerprint density at radius 3 is 2.45 bits per heavy atom. The normalized spacial score (nSPS) is 11.1. The Labute approximate surface area is 191 Å². The van der Waals surface area contributed by atoms with Gasteiger partial charge in [-0.15, -0.1) is 0 Å². The van der Waals surface area contributed by atoms with Crippen molar-refractivity contribution in [1.82, 2.24) is 4.98 Å². The number of aryl methyl sites for hydroxylation is 3. The van der Waals surface area contributed by atoms with Gasteiger partial charge in [0, 0.05) is 23.6 Å². The van der Waals surface area contributed by atoms with Crippen molar-refractivity contribution in [2.45, 2.75) is 39.5 Å². The summed E-state index contributed by atoms with van der Waals surface area (Å²) in [5.74, 6) is 0.387. The van der Waals surface area contributed by atoms with Crippen LogP contribution in [0.1, 0.15) is 36.6 Å². The van der Waals surface area contributed by atoms with Crippen LogP contribution in [-0.2, 0) is 17.6 Å². The summed E-state index contributed by atoms with van der Waals surface area (Å²) < 4.78 is 7.59. The molecule has 0 aliphatic heterocycles. The summed E-state index contributed by atoms with van der Waals surface area (Å²) in [6.07, 6.45) is 2.46. The minimum Gasteiger partial charge on any atom is -0.481 e. The maximum atomic E-state index is 10.8. The molecule has 3 rings (SSSR count). The number of carboxylic acid groups (broad SMARTS) is 1. The maximum absolute atomic E-state index is 10.8. The molecule has 0 bridgehead atoms. The fourth-order valence-corrected chi connectivity index (χ4v) is 4.85. The number of aliphatic carboxylic acids is 1. The van der Waals surface area contributed by atoms with E-state index >= 15 is 0 Å². The van der Waals surface area contributed by atoms with Gasteiger partial charge in [0.25, 0.3) is 0 Å². The molecule has 7 heteroatoms. The number of benzene rings is 2. The van der Waals surface area contributed by atoms with Crippen molar-refractivity contribution in [3.05, 3.63) is 61.1 Å². The van der Waals surface area contributed by atoms with Crippen LogP contribution < -0.4 is 4.74 Å². The van der Waals surface area contributed by atoms with Crippen molar-refractivity contribution in [2.24, 2.45) is 0 Å². The Morgan fingerprint density at radius 1 is 1.14 bits per heavy atom. The molecule has 152 valence electrons. The third-order valence-electron chi connectivity index (χ3n) is 4.51. The summed E-state index contributed by atoms with van der Waals surface area (Å²) in [6, 6.07) is 9.54. The van der Waals surface area contributed by atoms with Crippen LogP contribution >= 0.6 is 43.5 Å². The van der Waals surface area contributed by atoms with Gasteiger partial charge in [-0.05, 0) is 87.0 Å². The lowest BCUT2D eigenvalue weighted by Gasteiger charge is -2.14. The molecular formula is C22H20Br2ClNO3. The van der Waals surface area contributed by atoms with Gasteiger partial charge < -0.3 is 9.84 Å². The SMILES string of the molecule is CCCc1cc(C)c2cc(Oc3c(Br)cc(CCC(=O)O)cc3Br)cc(Cl)c2n1. The molecule has 0 saturated carbocycles. The predicted molar refractivity (Wildman–Crippen MR) is 123 cm³/mol. The Balaban J connectivity index is 1.95. The number of ether oxygens (including phenoxy) is 1. The molecule has 0 unspecified atom stereocenters. The van der Waals surface area contributed by atoms with Crippen LogP contribution in [0.3, 0.4) is 0 Å². The average Bonchev–Trinajstić information content (AvgIpc) is 2.64. The first kappa shape index (κ1) is 22.1. The molecule has 0 spiro atoms. The molecule has 1 heterocycles. The summed E-state index contributed by atoms with van der Waals surface area (Å²) in [5, 5.41) is 10.4. The van der Waals surface area contributed by atoms with Gasteiger partial charge in [0.2, 0.25) is 0 Å². The van der Waals surface area contributed by atoms with E-state index in [-0.39, 0.29) is 6.42 Å². The molecule has 0 amide bonds. The van der Waals surface area contributed by atoms with Crippen LogP contribution in [0.5, 0.6) is 11.5 Å². The molecule has 0 atom stereocenters. The summed E-state index contributed by atoms with van der Waals surface area (Å²) in [6.45, 7) is 4.18. The van der Waals surface area contributed by atoms with Crippen LogP contribution in [0.4, 0.5) is 0 Å². The fraction of sp³-hybridized carbons (Fsp3) is 0.273. The Kier molecular flexibility index (Phi) is 7.19. The van der Waals surface area contributed by atoms with Gasteiger partial charge >= 0.3 is 5.97 Å². The summed E-state index contributed by atoms with van der Waals surface area (Å²) in [7, 11) is 0. The molecule has 3 aromatic rings. The van der Waals surface area contributed by atoms with Gasteiger partial charge in [-0.25, -0.2) is 0 Å². The van der Waals surface area contributed by atoms with E-state index in [0.717, 1.165) is 49.5 Å². The van der Waals surface area contributed by atoms with E-state index in [9.17, 15) is 4.79 Å². The third kappa shape index (κ3) is 5.30. The highest BCUT2D eigenvalue weighted by molar-refractivity contribution is 9.11. The van der Waals surface area contributed by atoms with Gasteiger partial charge in [-0.2, -0.15) is 0 Å². The van der Waals surface area contributed by atoms with Crippen LogP contribution in [0.2, 0.25) is 5.02 Å². The van der Waals surface area contributed by atoms with Crippen molar-refractivity contribution in [2.75, 3.05) is 0 Å². The molecule has 0 fully saturated rings. The zero-order chi connectivity index (χ0) is 21.1. The number of carboxylic acids is 1. The molecule has 29 heavy (non-hydrogen) atoms. The van der Waals surface area contributed by atoms with Gasteiger partial charge in [-0.1, -0.05) is 24.9 Å². The number of aromatic nitrogens is 1. The largest absolute Gasteiger partial charge is 0.481 e. The Bertz CT molecular complexity index is 1060. The number of rotatable bonds is 7. The van der Waals surface area contributed by atoms with E-state index in [1.165, 1.54) is 0 Å². The fourth-order valence-electron chi connectivity index (χ4n) is 3.16. The zero-order valence-corrected chi connectivity index (χ0v) is 20.0. The summed E-state index contributed by atoms with van der Waals surface area (Å²) in [4.78, 5) is 15.5. The van der Waals surface area contributed by atoms with Crippen LogP contribution in [-0.4, -0.2) is 16.1 Å². The van der Waals surface area contributed by atoms with Crippen molar-refractivity contribution in [3.8, 4) is 11.5 Å². The minimum atomic E-state index is -0.825. The van der Waals surface area contributed by atoms with Crippen molar-refractivity contribution in [1.29, 1.82) is 0 Å². The number of carbonyl (C=O) groups is 1. The van der Waals surface area contributed by atoms with Crippen LogP contribution in [0.15, 0.2) is 39.3 Å². The first-order chi connectivity index (χ1) is 13.8. The van der Waals surface area contributed by atoms with Crippen LogP contribution in [0.25, 0.3) is 10.9 Å². The van der Waals surface area contributed by atoms with Crippen molar-refractivity contribution >= 4 is 60.3 Å². The third-order valence-corrected chi connectivity index (χ3v) is 5.98. The molecule has 0 aliphatic carbocycles. The second-order valence-electron chi connectivity index (χ2n) is 6.87. The van der Waals surface area contributed by atoms with Crippen molar-refractivity contribution in [3.63, 3.8) is 0 Å². The smallest absolute Gasteiger partial charge is 0.303 e. The highest BCUT2D eigenvalue weighted by Gasteiger charge is 2.14. The lowest BCUT2D eigenvalue weighted by molar-refractivity contribution is -0.136. The summed E-state index contributed by atoms with van der Waals surface area (Å²) in [5.41, 5.74) is 3.83. The molecule has 0 aliphatic rings. The van der Waals surface area contributed by atoms with E-state index in [1.54, 1.807) is 6.07 Å². The molecule has 1 N–H and O–H groups in total. The second-order valence-corrected chi connectivity index (χ2v) is 8.98. The van der Waals surface area contributed by atoms with Crippen molar-refractivity contribution < 1.29 is 14.6 Å². The predicted octanol–water partition coefficient (Wildman–Crippen LogP) is 7.48. The molecule has 4 nitrogen and oxygen atoms in total. The van der Waals surface area contributed by atoms with Gasteiger partial charge in [0.1, 0.15) is 5.75 Å². The van der Waals surface area contributed by atoms with E-state index in [1.807, 2.05) is 25.1 Å². The highest BCUT2D eigenvalue weighted by atomic mass is 79.9. The van der Waals surface area contributed by atoms with Gasteiger partial charge in [-0.3, -0.25) is 9.78 Å². The lowest BCUT2D eigenvalue weighted by atomic mass is 10.1. The zero-order valence-electron chi connectivity index (χ0n) is 16.1. The number of fused-ring (bicyclic) bond motifs is 1. The first-order valence-corrected chi connectivity index (χ1v) is 11.2. The molecule has 2 aromatic carbocycles. The van der Waals surface area contributed by atoms with E-state index < -0.39 is 5.97 Å². The maximum Gasteiger partial charge on any atom is 0.303 e. The number of pyridine rings is 1. The number of halogens is 3. The highest BCUT2D eigenvalue weighted by Crippen LogP contribution is 2.40. The van der Waals surface area contributed by atoms with Crippen LogP contribution in [0, 0.1) is 6.92 Å². The number of hydrogen-bond donors (Lipinski definition) is 1. The monoisotopic (exact) mass is 539 g/mol. The average molecular weight is 542 g/mol. The minimum absolute atomic E-state index is 0.0751. The lowest BCUT2D eigenvalue weighted by Crippen LogP contribution is -1.98. The molecule has 0 radical (unpaired) electrons. The molecule has 1 aromatic heterocycles. The van der Waals surface area contributed by atoms with Gasteiger partial charge in [0.15, 0.2) is 5.75 Å². The molecule has 0 saturated heterocycles. The Hall–Kier alpha value is -1.63. The first-order valence-electron chi connectivity index (χ1n) is 9.25.